The molecule has 1 aromatic rings. The van der Waals surface area contributed by atoms with Gasteiger partial charge >= 0.3 is 0 Å². The third kappa shape index (κ3) is 2.97. The molecule has 4 aliphatic carbocycles. The minimum Gasteiger partial charge on any atom is -0.388 e. The molecule has 5 aliphatic rings. The normalized spacial score (nSPS) is 39.5. The van der Waals surface area contributed by atoms with Crippen molar-refractivity contribution in [2.75, 3.05) is 24.5 Å². The van der Waals surface area contributed by atoms with Crippen molar-refractivity contribution in [2.24, 2.45) is 23.7 Å². The van der Waals surface area contributed by atoms with Gasteiger partial charge in [-0.25, -0.2) is 0 Å². The van der Waals surface area contributed by atoms with E-state index < -0.39 is 5.60 Å². The van der Waals surface area contributed by atoms with E-state index in [1.165, 1.54) is 56.2 Å². The summed E-state index contributed by atoms with van der Waals surface area (Å²) in [5.74, 6) is 2.99. The Hall–Kier alpha value is -1.06. The summed E-state index contributed by atoms with van der Waals surface area (Å²) in [5, 5.41) is 15.3. The zero-order valence-electron chi connectivity index (χ0n) is 16.2. The summed E-state index contributed by atoms with van der Waals surface area (Å²) in [7, 11) is 0. The number of anilines is 1. The molecule has 26 heavy (non-hydrogen) atoms. The van der Waals surface area contributed by atoms with Crippen LogP contribution in [-0.2, 0) is 0 Å². The maximum atomic E-state index is 11.5. The Bertz CT molecular complexity index is 604. The number of aryl methyl sites for hydroxylation is 1. The number of hydrogen-bond donors (Lipinski definition) is 2. The van der Waals surface area contributed by atoms with Gasteiger partial charge in [-0.15, -0.1) is 0 Å². The molecule has 4 bridgehead atoms. The van der Waals surface area contributed by atoms with Crippen molar-refractivity contribution in [1.82, 2.24) is 5.32 Å². The van der Waals surface area contributed by atoms with Gasteiger partial charge in [0.25, 0.3) is 0 Å². The van der Waals surface area contributed by atoms with Gasteiger partial charge in [0.05, 0.1) is 5.60 Å². The molecule has 0 unspecified atom stereocenters. The van der Waals surface area contributed by atoms with Crippen LogP contribution in [0.25, 0.3) is 0 Å². The highest BCUT2D eigenvalue weighted by Gasteiger charge is 2.56. The fraction of sp³-hybridized carbons (Fsp3) is 0.739. The summed E-state index contributed by atoms with van der Waals surface area (Å²) in [6.45, 7) is 5.22. The lowest BCUT2D eigenvalue weighted by Crippen LogP contribution is -2.62. The maximum absolute atomic E-state index is 11.5. The van der Waals surface area contributed by atoms with Crippen molar-refractivity contribution in [2.45, 2.75) is 63.5 Å². The van der Waals surface area contributed by atoms with Gasteiger partial charge in [0.1, 0.15) is 0 Å². The summed E-state index contributed by atoms with van der Waals surface area (Å²) in [6, 6.07) is 9.49. The maximum Gasteiger partial charge on any atom is 0.0827 e. The van der Waals surface area contributed by atoms with E-state index >= 15 is 0 Å². The van der Waals surface area contributed by atoms with E-state index in [1.54, 1.807) is 0 Å². The quantitative estimate of drug-likeness (QED) is 0.865. The van der Waals surface area contributed by atoms with Crippen LogP contribution in [0.5, 0.6) is 0 Å². The van der Waals surface area contributed by atoms with E-state index in [0.717, 1.165) is 31.5 Å². The van der Waals surface area contributed by atoms with Crippen LogP contribution in [0.2, 0.25) is 0 Å². The van der Waals surface area contributed by atoms with E-state index in [0.29, 0.717) is 17.9 Å². The highest BCUT2D eigenvalue weighted by molar-refractivity contribution is 5.47. The predicted molar refractivity (Wildman–Crippen MR) is 106 cm³/mol. The molecule has 1 saturated heterocycles. The zero-order chi connectivity index (χ0) is 17.7. The number of piperidine rings is 1. The van der Waals surface area contributed by atoms with Gasteiger partial charge in [0.15, 0.2) is 0 Å². The Labute approximate surface area is 158 Å². The molecule has 3 nitrogen and oxygen atoms in total. The number of nitrogens with zero attached hydrogens (tertiary/aromatic N) is 1. The molecule has 3 heteroatoms. The minimum atomic E-state index is -0.415. The van der Waals surface area contributed by atoms with E-state index in [-0.39, 0.29) is 0 Å². The molecule has 0 spiro atoms. The van der Waals surface area contributed by atoms with Crippen molar-refractivity contribution in [3.63, 3.8) is 0 Å². The number of nitrogens with one attached hydrogen (secondary N) is 1. The molecule has 0 atom stereocenters. The molecule has 4 saturated carbocycles. The summed E-state index contributed by atoms with van der Waals surface area (Å²) < 4.78 is 0. The van der Waals surface area contributed by atoms with Crippen LogP contribution < -0.4 is 10.2 Å². The fourth-order valence-corrected chi connectivity index (χ4v) is 6.69. The molecule has 0 radical (unpaired) electrons. The predicted octanol–water partition coefficient (Wildman–Crippen LogP) is 3.74. The average Bonchev–Trinajstić information content (AvgIpc) is 2.65. The van der Waals surface area contributed by atoms with E-state index in [2.05, 4.69) is 41.4 Å². The van der Waals surface area contributed by atoms with Crippen LogP contribution in [0.1, 0.15) is 50.5 Å². The topological polar surface area (TPSA) is 35.5 Å². The summed E-state index contributed by atoms with van der Waals surface area (Å²) in [6.07, 6.45) is 8.98. The minimum absolute atomic E-state index is 0.415. The van der Waals surface area contributed by atoms with Gasteiger partial charge in [0, 0.05) is 31.4 Å². The smallest absolute Gasteiger partial charge is 0.0827 e. The summed E-state index contributed by atoms with van der Waals surface area (Å²) >= 11 is 0. The lowest BCUT2D eigenvalue weighted by Gasteiger charge is -2.59. The largest absolute Gasteiger partial charge is 0.388 e. The molecule has 0 amide bonds. The van der Waals surface area contributed by atoms with Gasteiger partial charge in [-0.1, -0.05) is 17.7 Å². The Balaban J connectivity index is 1.15. The number of hydrogen-bond acceptors (Lipinski definition) is 3. The van der Waals surface area contributed by atoms with Gasteiger partial charge in [-0.3, -0.25) is 0 Å². The molecular formula is C23H34N2O. The molecule has 0 aromatic heterocycles. The van der Waals surface area contributed by atoms with Gasteiger partial charge in [0.2, 0.25) is 0 Å². The SMILES string of the molecule is Cc1ccc(N2CCC(NCC3(O)C4CC5CC(C4)CC3C5)CC2)cc1. The molecule has 1 aliphatic heterocycles. The Morgan fingerprint density at radius 1 is 0.962 bits per heavy atom. The second-order valence-corrected chi connectivity index (χ2v) is 9.77. The van der Waals surface area contributed by atoms with Crippen molar-refractivity contribution in [1.29, 1.82) is 0 Å². The highest BCUT2D eigenvalue weighted by Crippen LogP contribution is 2.58. The van der Waals surface area contributed by atoms with Crippen LogP contribution in [0.4, 0.5) is 5.69 Å². The molecule has 2 N–H and O–H groups in total. The van der Waals surface area contributed by atoms with E-state index in [4.69, 9.17) is 0 Å². The van der Waals surface area contributed by atoms with Crippen LogP contribution in [-0.4, -0.2) is 36.4 Å². The summed E-state index contributed by atoms with van der Waals surface area (Å²) in [5.41, 5.74) is 2.27. The molecule has 142 valence electrons. The van der Waals surface area contributed by atoms with Crippen molar-refractivity contribution in [3.05, 3.63) is 29.8 Å². The first-order valence-corrected chi connectivity index (χ1v) is 10.9. The second-order valence-electron chi connectivity index (χ2n) is 9.77. The molecule has 5 fully saturated rings. The first kappa shape index (κ1) is 17.1. The van der Waals surface area contributed by atoms with Gasteiger partial charge < -0.3 is 15.3 Å². The van der Waals surface area contributed by atoms with E-state index in [9.17, 15) is 5.11 Å². The lowest BCUT2D eigenvalue weighted by molar-refractivity contribution is -0.170. The lowest BCUT2D eigenvalue weighted by atomic mass is 9.50. The fourth-order valence-electron chi connectivity index (χ4n) is 6.69. The standard InChI is InChI=1S/C23H34N2O/c1-16-2-4-22(5-3-16)25-8-6-21(7-9-25)24-15-23(26)19-11-17-10-18(13-19)14-20(23)12-17/h2-5,17-21,24,26H,6-15H2,1H3. The Morgan fingerprint density at radius 2 is 1.54 bits per heavy atom. The van der Waals surface area contributed by atoms with E-state index in [1.807, 2.05) is 0 Å². The first-order chi connectivity index (χ1) is 12.6. The van der Waals surface area contributed by atoms with Crippen molar-refractivity contribution >= 4 is 5.69 Å². The molecule has 1 aromatic carbocycles. The van der Waals surface area contributed by atoms with Crippen molar-refractivity contribution < 1.29 is 5.11 Å². The van der Waals surface area contributed by atoms with Crippen LogP contribution >= 0.6 is 0 Å². The van der Waals surface area contributed by atoms with Crippen LogP contribution in [0, 0.1) is 30.6 Å². The second kappa shape index (κ2) is 6.53. The number of rotatable bonds is 4. The summed E-state index contributed by atoms with van der Waals surface area (Å²) in [4.78, 5) is 2.51. The monoisotopic (exact) mass is 354 g/mol. The number of benzene rings is 1. The van der Waals surface area contributed by atoms with Gasteiger partial charge in [-0.05, 0) is 87.7 Å². The Morgan fingerprint density at radius 3 is 2.12 bits per heavy atom. The highest BCUT2D eigenvalue weighted by atomic mass is 16.3. The zero-order valence-corrected chi connectivity index (χ0v) is 16.2. The van der Waals surface area contributed by atoms with Crippen LogP contribution in [0.15, 0.2) is 24.3 Å². The molecular weight excluding hydrogens is 320 g/mol. The first-order valence-electron chi connectivity index (χ1n) is 10.9. The van der Waals surface area contributed by atoms with Gasteiger partial charge in [-0.2, -0.15) is 0 Å². The third-order valence-corrected chi connectivity index (χ3v) is 8.12. The number of aliphatic hydroxyl groups is 1. The van der Waals surface area contributed by atoms with Crippen LogP contribution in [0.3, 0.4) is 0 Å². The van der Waals surface area contributed by atoms with Crippen molar-refractivity contribution in [3.8, 4) is 0 Å². The molecule has 6 rings (SSSR count). The average molecular weight is 355 g/mol. The third-order valence-electron chi connectivity index (χ3n) is 8.12. The molecule has 1 heterocycles. The Kier molecular flexibility index (Phi) is 4.28.